The van der Waals surface area contributed by atoms with Crippen molar-refractivity contribution in [2.75, 3.05) is 32.5 Å². The quantitative estimate of drug-likeness (QED) is 0.407. The summed E-state index contributed by atoms with van der Waals surface area (Å²) in [5.74, 6) is 0.155. The van der Waals surface area contributed by atoms with E-state index in [1.807, 2.05) is 11.9 Å². The van der Waals surface area contributed by atoms with Gasteiger partial charge in [-0.3, -0.25) is 4.90 Å². The Morgan fingerprint density at radius 3 is 3.12 bits per heavy atom. The van der Waals surface area contributed by atoms with Crippen LogP contribution in [-0.2, 0) is 4.74 Å². The minimum absolute atomic E-state index is 0.196. The normalized spacial score (nSPS) is 21.4. The zero-order valence-corrected chi connectivity index (χ0v) is 9.69. The highest BCUT2D eigenvalue weighted by molar-refractivity contribution is 5.77. The van der Waals surface area contributed by atoms with Crippen molar-refractivity contribution < 1.29 is 13.7 Å². The molecule has 1 saturated heterocycles. The smallest absolute Gasteiger partial charge is 0.254 e. The molecule has 6 heteroatoms. The lowest BCUT2D eigenvalue weighted by Gasteiger charge is -2.30. The van der Waals surface area contributed by atoms with Crippen molar-refractivity contribution in [2.45, 2.75) is 6.04 Å². The van der Waals surface area contributed by atoms with Gasteiger partial charge in [-0.05, 0) is 13.1 Å². The fraction of sp³-hybridized carbons (Fsp3) is 0.455. The number of pyridine rings is 1. The van der Waals surface area contributed by atoms with E-state index >= 15 is 0 Å². The average Bonchev–Trinajstić information content (AvgIpc) is 2.32. The van der Waals surface area contributed by atoms with Gasteiger partial charge >= 0.3 is 0 Å². The predicted octanol–water partition coefficient (Wildman–Crippen LogP) is -0.149. The van der Waals surface area contributed by atoms with E-state index in [2.05, 4.69) is 0 Å². The monoisotopic (exact) mass is 239 g/mol. The van der Waals surface area contributed by atoms with Crippen molar-refractivity contribution in [2.24, 2.45) is 0 Å². The van der Waals surface area contributed by atoms with Crippen molar-refractivity contribution in [3.8, 4) is 0 Å². The molecule has 1 unspecified atom stereocenters. The van der Waals surface area contributed by atoms with Crippen molar-refractivity contribution in [1.82, 2.24) is 4.90 Å². The van der Waals surface area contributed by atoms with Crippen LogP contribution in [0.25, 0.3) is 0 Å². The van der Waals surface area contributed by atoms with Crippen LogP contribution >= 0.6 is 0 Å². The highest BCUT2D eigenvalue weighted by atomic mass is 19.1. The summed E-state index contributed by atoms with van der Waals surface area (Å²) in [6, 6.07) is 2.53. The van der Waals surface area contributed by atoms with Crippen LogP contribution < -0.4 is 10.3 Å². The molecule has 17 heavy (non-hydrogen) atoms. The lowest BCUT2D eigenvalue weighted by atomic mass is 10.2. The maximum Gasteiger partial charge on any atom is 0.254 e. The number of rotatable bonds is 1. The Balaban J connectivity index is 2.26. The van der Waals surface area contributed by atoms with Crippen LogP contribution in [-0.4, -0.2) is 43.6 Å². The Hall–Kier alpha value is -1.53. The molecule has 92 valence electrons. The number of ether oxygens (including phenoxy) is 1. The van der Waals surface area contributed by atoms with Gasteiger partial charge in [0.05, 0.1) is 13.2 Å². The molecule has 3 N–H and O–H groups in total. The van der Waals surface area contributed by atoms with E-state index in [4.69, 9.17) is 15.9 Å². The fourth-order valence-corrected chi connectivity index (χ4v) is 1.83. The first-order valence-electron chi connectivity index (χ1n) is 5.43. The SMILES string of the molecule is CN1CCOCC1C(=N)[n+]1cc(F)ccc1N. The van der Waals surface area contributed by atoms with Crippen molar-refractivity contribution in [1.29, 1.82) is 5.41 Å². The molecule has 1 aliphatic heterocycles. The molecule has 0 aromatic carbocycles. The molecule has 5 nitrogen and oxygen atoms in total. The Bertz CT molecular complexity index is 437. The van der Waals surface area contributed by atoms with Crippen LogP contribution in [0.5, 0.6) is 0 Å². The number of nitrogens with zero attached hydrogens (tertiary/aromatic N) is 2. The van der Waals surface area contributed by atoms with Gasteiger partial charge in [0, 0.05) is 12.6 Å². The number of aromatic nitrogens is 1. The Kier molecular flexibility index (Phi) is 3.35. The Morgan fingerprint density at radius 2 is 2.41 bits per heavy atom. The number of morpholine rings is 1. The number of hydrogen-bond acceptors (Lipinski definition) is 4. The molecule has 2 heterocycles. The van der Waals surface area contributed by atoms with E-state index in [-0.39, 0.29) is 11.9 Å². The molecule has 0 spiro atoms. The Morgan fingerprint density at radius 1 is 1.65 bits per heavy atom. The topological polar surface area (TPSA) is 66.2 Å². The van der Waals surface area contributed by atoms with Crippen LogP contribution in [0.4, 0.5) is 10.2 Å². The second kappa shape index (κ2) is 4.77. The zero-order chi connectivity index (χ0) is 12.4. The number of anilines is 1. The van der Waals surface area contributed by atoms with Gasteiger partial charge in [-0.25, -0.2) is 8.96 Å². The minimum atomic E-state index is -0.414. The van der Waals surface area contributed by atoms with Crippen LogP contribution in [0.2, 0.25) is 0 Å². The third-order valence-electron chi connectivity index (χ3n) is 2.92. The number of likely N-dealkylation sites (N-methyl/N-ethyl adjacent to an activating group) is 1. The van der Waals surface area contributed by atoms with E-state index in [1.165, 1.54) is 22.9 Å². The molecule has 2 rings (SSSR count). The van der Waals surface area contributed by atoms with Gasteiger partial charge in [-0.2, -0.15) is 5.41 Å². The van der Waals surface area contributed by atoms with Crippen LogP contribution in [0.3, 0.4) is 0 Å². The van der Waals surface area contributed by atoms with Gasteiger partial charge < -0.3 is 10.5 Å². The maximum absolute atomic E-state index is 13.2. The second-order valence-electron chi connectivity index (χ2n) is 4.10. The van der Waals surface area contributed by atoms with Gasteiger partial charge in [0.15, 0.2) is 5.82 Å². The molecule has 0 aliphatic carbocycles. The second-order valence-corrected chi connectivity index (χ2v) is 4.10. The summed E-state index contributed by atoms with van der Waals surface area (Å²) < 4.78 is 19.8. The van der Waals surface area contributed by atoms with Crippen molar-refractivity contribution in [3.05, 3.63) is 24.1 Å². The standard InChI is InChI=1S/C11H15FN4O/c1-15-4-5-17-7-9(15)11(14)16-6-8(12)2-3-10(16)13/h2-3,6,9,13-14H,4-5,7H2,1H3/p+1. The highest BCUT2D eigenvalue weighted by Gasteiger charge is 2.29. The first kappa shape index (κ1) is 11.9. The molecule has 0 radical (unpaired) electrons. The lowest BCUT2D eigenvalue weighted by Crippen LogP contribution is -2.59. The molecule has 0 saturated carbocycles. The summed E-state index contributed by atoms with van der Waals surface area (Å²) in [5, 5.41) is 8.09. The average molecular weight is 239 g/mol. The molecule has 1 aromatic heterocycles. The summed E-state index contributed by atoms with van der Waals surface area (Å²) in [5.41, 5.74) is 5.74. The summed E-state index contributed by atoms with van der Waals surface area (Å²) in [6.45, 7) is 1.84. The van der Waals surface area contributed by atoms with E-state index in [9.17, 15) is 4.39 Å². The maximum atomic E-state index is 13.2. The van der Waals surface area contributed by atoms with E-state index in [0.717, 1.165) is 6.54 Å². The summed E-state index contributed by atoms with van der Waals surface area (Å²) in [6.07, 6.45) is 1.22. The molecular formula is C11H16FN4O+. The lowest BCUT2D eigenvalue weighted by molar-refractivity contribution is -0.547. The molecule has 1 aromatic rings. The third kappa shape index (κ3) is 2.42. The zero-order valence-electron chi connectivity index (χ0n) is 9.69. The number of nitrogens with two attached hydrogens (primary N) is 1. The Labute approximate surface area is 99.1 Å². The number of hydrogen-bond donors (Lipinski definition) is 2. The molecule has 1 atom stereocenters. The van der Waals surface area contributed by atoms with Crippen LogP contribution in [0.15, 0.2) is 18.3 Å². The summed E-state index contributed by atoms with van der Waals surface area (Å²) in [4.78, 5) is 2.00. The van der Waals surface area contributed by atoms with E-state index in [0.29, 0.717) is 19.0 Å². The first-order chi connectivity index (χ1) is 8.09. The van der Waals surface area contributed by atoms with Gasteiger partial charge in [0.25, 0.3) is 5.84 Å². The van der Waals surface area contributed by atoms with E-state index in [1.54, 1.807) is 0 Å². The van der Waals surface area contributed by atoms with Crippen LogP contribution in [0.1, 0.15) is 0 Å². The van der Waals surface area contributed by atoms with Gasteiger partial charge in [0.2, 0.25) is 5.82 Å². The minimum Gasteiger partial charge on any atom is -0.378 e. The highest BCUT2D eigenvalue weighted by Crippen LogP contribution is 2.06. The molecule has 0 amide bonds. The molecule has 1 fully saturated rings. The summed E-state index contributed by atoms with van der Waals surface area (Å²) in [7, 11) is 1.91. The number of nitrogen functional groups attached to an aromatic ring is 1. The molecule has 1 aliphatic rings. The predicted molar refractivity (Wildman–Crippen MR) is 61.4 cm³/mol. The van der Waals surface area contributed by atoms with Gasteiger partial charge in [0.1, 0.15) is 12.2 Å². The number of halogens is 1. The molecular weight excluding hydrogens is 223 g/mol. The van der Waals surface area contributed by atoms with Crippen molar-refractivity contribution in [3.63, 3.8) is 0 Å². The van der Waals surface area contributed by atoms with Crippen molar-refractivity contribution >= 4 is 11.7 Å². The first-order valence-corrected chi connectivity index (χ1v) is 5.43. The third-order valence-corrected chi connectivity index (χ3v) is 2.92. The van der Waals surface area contributed by atoms with E-state index < -0.39 is 5.82 Å². The van der Waals surface area contributed by atoms with Gasteiger partial charge in [-0.1, -0.05) is 0 Å². The summed E-state index contributed by atoms with van der Waals surface area (Å²) >= 11 is 0. The van der Waals surface area contributed by atoms with Crippen LogP contribution in [0, 0.1) is 11.2 Å². The fourth-order valence-electron chi connectivity index (χ4n) is 1.83. The van der Waals surface area contributed by atoms with Gasteiger partial charge in [-0.15, -0.1) is 0 Å². The largest absolute Gasteiger partial charge is 0.378 e. The molecule has 0 bridgehead atoms. The number of nitrogens with one attached hydrogen (secondary N) is 1.